The van der Waals surface area contributed by atoms with Crippen LogP contribution in [0.2, 0.25) is 5.02 Å². The van der Waals surface area contributed by atoms with Crippen molar-refractivity contribution in [2.24, 2.45) is 5.92 Å². The second-order valence-electron chi connectivity index (χ2n) is 7.12. The molecule has 1 aliphatic carbocycles. The maximum Gasteiger partial charge on any atom is 0.317 e. The maximum absolute atomic E-state index is 12.4. The summed E-state index contributed by atoms with van der Waals surface area (Å²) in [6, 6.07) is 6.30. The Morgan fingerprint density at radius 3 is 2.92 bits per heavy atom. The smallest absolute Gasteiger partial charge is 0.317 e. The fourth-order valence-electron chi connectivity index (χ4n) is 3.72. The van der Waals surface area contributed by atoms with Gasteiger partial charge in [0.2, 0.25) is 5.91 Å². The van der Waals surface area contributed by atoms with Gasteiger partial charge >= 0.3 is 6.03 Å². The normalized spacial score (nSPS) is 23.4. The van der Waals surface area contributed by atoms with Gasteiger partial charge in [0.15, 0.2) is 0 Å². The Bertz CT molecular complexity index is 674. The third kappa shape index (κ3) is 3.22. The standard InChI is InChI=1S/C18H22ClN3O2/c19-15-2-1-14-11-21(6-5-13(14)8-15)18(24)20-9-12-7-17(23)22(10-12)16-3-4-16/h1-2,8,12,16H,3-7,9-11H2,(H,20,24)/t12-/m1/s1. The van der Waals surface area contributed by atoms with E-state index in [0.717, 1.165) is 36.4 Å². The van der Waals surface area contributed by atoms with E-state index in [4.69, 9.17) is 11.6 Å². The molecule has 3 aliphatic rings. The van der Waals surface area contributed by atoms with Crippen LogP contribution in [0.3, 0.4) is 0 Å². The summed E-state index contributed by atoms with van der Waals surface area (Å²) in [7, 11) is 0. The molecule has 0 unspecified atom stereocenters. The van der Waals surface area contributed by atoms with Crippen LogP contribution in [-0.4, -0.2) is 47.4 Å². The third-order valence-corrected chi connectivity index (χ3v) is 5.47. The summed E-state index contributed by atoms with van der Waals surface area (Å²) in [6.45, 7) is 2.70. The minimum atomic E-state index is -0.0343. The molecule has 5 nitrogen and oxygen atoms in total. The first-order valence-corrected chi connectivity index (χ1v) is 9.07. The van der Waals surface area contributed by atoms with Gasteiger partial charge in [-0.25, -0.2) is 4.79 Å². The molecule has 0 radical (unpaired) electrons. The second kappa shape index (κ2) is 6.28. The highest BCUT2D eigenvalue weighted by Gasteiger charge is 2.39. The van der Waals surface area contributed by atoms with Crippen LogP contribution < -0.4 is 5.32 Å². The van der Waals surface area contributed by atoms with Gasteiger partial charge in [-0.15, -0.1) is 0 Å². The molecule has 128 valence electrons. The second-order valence-corrected chi connectivity index (χ2v) is 7.55. The lowest BCUT2D eigenvalue weighted by atomic mass is 10.0. The van der Waals surface area contributed by atoms with Crippen molar-refractivity contribution in [2.75, 3.05) is 19.6 Å². The largest absolute Gasteiger partial charge is 0.339 e. The van der Waals surface area contributed by atoms with Crippen molar-refractivity contribution in [3.05, 3.63) is 34.3 Å². The molecule has 1 saturated carbocycles. The highest BCUT2D eigenvalue weighted by atomic mass is 35.5. The number of urea groups is 1. The van der Waals surface area contributed by atoms with E-state index in [2.05, 4.69) is 5.32 Å². The van der Waals surface area contributed by atoms with Crippen LogP contribution in [0.1, 0.15) is 30.4 Å². The summed E-state index contributed by atoms with van der Waals surface area (Å²) < 4.78 is 0. The van der Waals surface area contributed by atoms with Crippen LogP contribution in [0.4, 0.5) is 4.79 Å². The van der Waals surface area contributed by atoms with Crippen LogP contribution in [-0.2, 0) is 17.8 Å². The highest BCUT2D eigenvalue weighted by molar-refractivity contribution is 6.30. The lowest BCUT2D eigenvalue weighted by molar-refractivity contribution is -0.128. The number of carbonyl (C=O) groups is 2. The third-order valence-electron chi connectivity index (χ3n) is 5.24. The van der Waals surface area contributed by atoms with Gasteiger partial charge in [-0.2, -0.15) is 0 Å². The van der Waals surface area contributed by atoms with Crippen LogP contribution in [0.25, 0.3) is 0 Å². The number of likely N-dealkylation sites (tertiary alicyclic amines) is 1. The van der Waals surface area contributed by atoms with Gasteiger partial charge in [0.05, 0.1) is 0 Å². The molecular weight excluding hydrogens is 326 g/mol. The summed E-state index contributed by atoms with van der Waals surface area (Å²) in [6.07, 6.45) is 3.68. The van der Waals surface area contributed by atoms with E-state index in [1.165, 1.54) is 5.56 Å². The first-order chi connectivity index (χ1) is 11.6. The number of nitrogens with one attached hydrogen (secondary N) is 1. The zero-order chi connectivity index (χ0) is 16.7. The molecule has 2 aliphatic heterocycles. The van der Waals surface area contributed by atoms with Crippen LogP contribution >= 0.6 is 11.6 Å². The molecule has 1 N–H and O–H groups in total. The Hall–Kier alpha value is -1.75. The van der Waals surface area contributed by atoms with Crippen LogP contribution in [0.15, 0.2) is 18.2 Å². The number of hydrogen-bond acceptors (Lipinski definition) is 2. The number of carbonyl (C=O) groups excluding carboxylic acids is 2. The number of amides is 3. The molecule has 24 heavy (non-hydrogen) atoms. The number of halogens is 1. The summed E-state index contributed by atoms with van der Waals surface area (Å²) in [4.78, 5) is 28.2. The first-order valence-electron chi connectivity index (χ1n) is 8.69. The average Bonchev–Trinajstić information content (AvgIpc) is 3.35. The van der Waals surface area contributed by atoms with Crippen molar-refractivity contribution in [3.63, 3.8) is 0 Å². The highest BCUT2D eigenvalue weighted by Crippen LogP contribution is 2.32. The topological polar surface area (TPSA) is 52.7 Å². The monoisotopic (exact) mass is 347 g/mol. The van der Waals surface area contributed by atoms with E-state index in [-0.39, 0.29) is 17.9 Å². The van der Waals surface area contributed by atoms with E-state index in [9.17, 15) is 9.59 Å². The van der Waals surface area contributed by atoms with Crippen molar-refractivity contribution in [2.45, 2.75) is 38.3 Å². The molecule has 0 spiro atoms. The Morgan fingerprint density at radius 1 is 1.29 bits per heavy atom. The molecule has 2 heterocycles. The van der Waals surface area contributed by atoms with Crippen molar-refractivity contribution in [1.29, 1.82) is 0 Å². The van der Waals surface area contributed by atoms with Crippen molar-refractivity contribution in [3.8, 4) is 0 Å². The van der Waals surface area contributed by atoms with Crippen LogP contribution in [0.5, 0.6) is 0 Å². The summed E-state index contributed by atoms with van der Waals surface area (Å²) in [5, 5.41) is 3.77. The number of fused-ring (bicyclic) bond motifs is 1. The van der Waals surface area contributed by atoms with Crippen molar-refractivity contribution in [1.82, 2.24) is 15.1 Å². The number of benzene rings is 1. The van der Waals surface area contributed by atoms with Crippen molar-refractivity contribution < 1.29 is 9.59 Å². The SMILES string of the molecule is O=C(NC[C@H]1CC(=O)N(C2CC2)C1)N1CCc2cc(Cl)ccc2C1. The molecule has 1 saturated heterocycles. The van der Waals surface area contributed by atoms with E-state index in [0.29, 0.717) is 32.1 Å². The van der Waals surface area contributed by atoms with Gasteiger partial charge < -0.3 is 15.1 Å². The average molecular weight is 348 g/mol. The Labute approximate surface area is 146 Å². The minimum Gasteiger partial charge on any atom is -0.339 e. The zero-order valence-electron chi connectivity index (χ0n) is 13.6. The first kappa shape index (κ1) is 15.8. The molecule has 4 rings (SSSR count). The van der Waals surface area contributed by atoms with E-state index < -0.39 is 0 Å². The minimum absolute atomic E-state index is 0.0343. The quantitative estimate of drug-likeness (QED) is 0.913. The van der Waals surface area contributed by atoms with E-state index in [1.807, 2.05) is 28.0 Å². The van der Waals surface area contributed by atoms with Gasteiger partial charge in [0.25, 0.3) is 0 Å². The molecule has 1 aromatic rings. The molecule has 3 amide bonds. The summed E-state index contributed by atoms with van der Waals surface area (Å²) in [5.41, 5.74) is 2.39. The Balaban J connectivity index is 1.29. The van der Waals surface area contributed by atoms with Gasteiger partial charge in [-0.1, -0.05) is 17.7 Å². The van der Waals surface area contributed by atoms with Gasteiger partial charge in [-0.3, -0.25) is 4.79 Å². The Kier molecular flexibility index (Phi) is 4.12. The predicted octanol–water partition coefficient (Wildman–Crippen LogP) is 2.42. The molecular formula is C18H22ClN3O2. The molecule has 0 bridgehead atoms. The van der Waals surface area contributed by atoms with Gasteiger partial charge in [-0.05, 0) is 42.5 Å². The fraction of sp³-hybridized carbons (Fsp3) is 0.556. The predicted molar refractivity (Wildman–Crippen MR) is 91.8 cm³/mol. The van der Waals surface area contributed by atoms with Crippen molar-refractivity contribution >= 4 is 23.5 Å². The van der Waals surface area contributed by atoms with Gasteiger partial charge in [0, 0.05) is 49.6 Å². The molecule has 1 aromatic carbocycles. The lowest BCUT2D eigenvalue weighted by Gasteiger charge is -2.29. The number of nitrogens with zero attached hydrogens (tertiary/aromatic N) is 2. The maximum atomic E-state index is 12.4. The summed E-state index contributed by atoms with van der Waals surface area (Å²) >= 11 is 6.02. The number of rotatable bonds is 3. The fourth-order valence-corrected chi connectivity index (χ4v) is 3.92. The molecule has 2 fully saturated rings. The molecule has 1 atom stereocenters. The zero-order valence-corrected chi connectivity index (χ0v) is 14.4. The van der Waals surface area contributed by atoms with E-state index in [1.54, 1.807) is 0 Å². The van der Waals surface area contributed by atoms with Gasteiger partial charge in [0.1, 0.15) is 0 Å². The van der Waals surface area contributed by atoms with Crippen LogP contribution in [0, 0.1) is 5.92 Å². The molecule has 0 aromatic heterocycles. The van der Waals surface area contributed by atoms with E-state index >= 15 is 0 Å². The molecule has 6 heteroatoms. The number of hydrogen-bond donors (Lipinski definition) is 1. The lowest BCUT2D eigenvalue weighted by Crippen LogP contribution is -2.44. The Morgan fingerprint density at radius 2 is 2.12 bits per heavy atom. The summed E-state index contributed by atoms with van der Waals surface area (Å²) in [5.74, 6) is 0.499.